The van der Waals surface area contributed by atoms with Gasteiger partial charge in [0, 0.05) is 0 Å². The maximum Gasteiger partial charge on any atom is 0.281 e. The Morgan fingerprint density at radius 1 is 1.44 bits per heavy atom. The van der Waals surface area contributed by atoms with E-state index in [9.17, 15) is 9.59 Å². The molecule has 9 heavy (non-hydrogen) atoms. The van der Waals surface area contributed by atoms with Gasteiger partial charge in [-0.3, -0.25) is 9.59 Å². The second kappa shape index (κ2) is 2.72. The Bertz CT molecular complexity index is 132. The molecule has 5 heteroatoms. The van der Waals surface area contributed by atoms with Crippen molar-refractivity contribution in [2.45, 2.75) is 0 Å². The first kappa shape index (κ1) is 6.41. The number of amides is 2. The minimum absolute atomic E-state index is 0.201. The van der Waals surface area contributed by atoms with Crippen LogP contribution in [0.4, 0.5) is 4.79 Å². The molecule has 0 bridgehead atoms. The van der Waals surface area contributed by atoms with E-state index in [4.69, 9.17) is 0 Å². The topological polar surface area (TPSA) is 58.2 Å². The SMILES string of the molecule is O=C1[CH]SC(=O)NCN1. The van der Waals surface area contributed by atoms with Gasteiger partial charge in [0.05, 0.1) is 6.67 Å². The second-order valence-corrected chi connectivity index (χ2v) is 2.26. The van der Waals surface area contributed by atoms with Crippen LogP contribution in [0.5, 0.6) is 0 Å². The minimum Gasteiger partial charge on any atom is -0.338 e. The van der Waals surface area contributed by atoms with Crippen LogP contribution in [0.25, 0.3) is 0 Å². The standard InChI is InChI=1S/C4H5N2O2S/c7-3-1-9-4(8)6-2-5-3/h1H,2H2,(H,5,7)(H,6,8). The maximum atomic E-state index is 10.5. The molecule has 0 aromatic heterocycles. The Morgan fingerprint density at radius 3 is 3.00 bits per heavy atom. The van der Waals surface area contributed by atoms with Crippen molar-refractivity contribution in [1.82, 2.24) is 10.6 Å². The molecule has 1 aliphatic rings. The highest BCUT2D eigenvalue weighted by Gasteiger charge is 2.11. The molecule has 4 nitrogen and oxygen atoms in total. The van der Waals surface area contributed by atoms with Crippen LogP contribution in [-0.4, -0.2) is 17.8 Å². The van der Waals surface area contributed by atoms with Crippen LogP contribution >= 0.6 is 11.8 Å². The molecular formula is C4H5N2O2S. The van der Waals surface area contributed by atoms with Crippen molar-refractivity contribution in [3.05, 3.63) is 5.75 Å². The predicted octanol–water partition coefficient (Wildman–Crippen LogP) is -0.322. The quantitative estimate of drug-likeness (QED) is 0.491. The third kappa shape index (κ3) is 1.93. The van der Waals surface area contributed by atoms with Gasteiger partial charge in [0.15, 0.2) is 0 Å². The molecule has 2 amide bonds. The van der Waals surface area contributed by atoms with Crippen molar-refractivity contribution in [3.63, 3.8) is 0 Å². The Balaban J connectivity index is 2.43. The molecule has 1 saturated heterocycles. The van der Waals surface area contributed by atoms with E-state index >= 15 is 0 Å². The molecule has 0 aliphatic carbocycles. The van der Waals surface area contributed by atoms with Crippen molar-refractivity contribution in [1.29, 1.82) is 0 Å². The molecular weight excluding hydrogens is 140 g/mol. The summed E-state index contributed by atoms with van der Waals surface area (Å²) in [6, 6.07) is 0. The molecule has 1 fully saturated rings. The fourth-order valence-corrected chi connectivity index (χ4v) is 0.847. The van der Waals surface area contributed by atoms with Crippen LogP contribution in [0.3, 0.4) is 0 Å². The summed E-state index contributed by atoms with van der Waals surface area (Å²) in [6.45, 7) is 0.223. The summed E-state index contributed by atoms with van der Waals surface area (Å²) >= 11 is 0.860. The summed E-state index contributed by atoms with van der Waals surface area (Å²) in [7, 11) is 0. The van der Waals surface area contributed by atoms with Crippen molar-refractivity contribution < 1.29 is 9.59 Å². The summed E-state index contributed by atoms with van der Waals surface area (Å²) in [5, 5.41) is 4.66. The molecule has 0 saturated carbocycles. The van der Waals surface area contributed by atoms with Gasteiger partial charge < -0.3 is 10.6 Å². The molecule has 0 unspecified atom stereocenters. The second-order valence-electron chi connectivity index (χ2n) is 1.42. The molecule has 1 heterocycles. The largest absolute Gasteiger partial charge is 0.338 e. The minimum atomic E-state index is -0.224. The molecule has 0 aromatic carbocycles. The number of thioether (sulfide) groups is 1. The number of carbonyl (C=O) groups is 2. The van der Waals surface area contributed by atoms with Gasteiger partial charge in [-0.15, -0.1) is 0 Å². The number of carbonyl (C=O) groups excluding carboxylic acids is 2. The van der Waals surface area contributed by atoms with Crippen LogP contribution in [0.1, 0.15) is 0 Å². The van der Waals surface area contributed by atoms with Gasteiger partial charge in [-0.25, -0.2) is 0 Å². The van der Waals surface area contributed by atoms with Crippen molar-refractivity contribution in [3.8, 4) is 0 Å². The Morgan fingerprint density at radius 2 is 2.22 bits per heavy atom. The van der Waals surface area contributed by atoms with Gasteiger partial charge in [0.1, 0.15) is 5.75 Å². The zero-order valence-electron chi connectivity index (χ0n) is 4.51. The maximum absolute atomic E-state index is 10.5. The third-order valence-corrected chi connectivity index (χ3v) is 1.46. The number of nitrogens with one attached hydrogen (secondary N) is 2. The van der Waals surface area contributed by atoms with E-state index in [1.807, 2.05) is 0 Å². The molecule has 0 aromatic rings. The number of hydrogen-bond donors (Lipinski definition) is 2. The molecule has 2 N–H and O–H groups in total. The van der Waals surface area contributed by atoms with Crippen molar-refractivity contribution in [2.24, 2.45) is 0 Å². The zero-order chi connectivity index (χ0) is 6.69. The molecule has 0 spiro atoms. The zero-order valence-corrected chi connectivity index (χ0v) is 5.33. The lowest BCUT2D eigenvalue weighted by atomic mass is 10.7. The highest BCUT2D eigenvalue weighted by atomic mass is 32.2. The van der Waals surface area contributed by atoms with Crippen LogP contribution < -0.4 is 10.6 Å². The van der Waals surface area contributed by atoms with Gasteiger partial charge in [-0.05, 0) is 11.8 Å². The summed E-state index contributed by atoms with van der Waals surface area (Å²) in [5.74, 6) is 1.01. The van der Waals surface area contributed by atoms with Crippen LogP contribution in [0.15, 0.2) is 0 Å². The first-order chi connectivity index (χ1) is 4.29. The third-order valence-electron chi connectivity index (χ3n) is 0.768. The monoisotopic (exact) mass is 145 g/mol. The van der Waals surface area contributed by atoms with Crippen LogP contribution in [0.2, 0.25) is 0 Å². The first-order valence-corrected chi connectivity index (χ1v) is 3.22. The Hall–Kier alpha value is -0.710. The summed E-state index contributed by atoms with van der Waals surface area (Å²) in [4.78, 5) is 20.9. The van der Waals surface area contributed by atoms with Crippen LogP contribution in [0, 0.1) is 5.75 Å². The van der Waals surface area contributed by atoms with E-state index in [0.717, 1.165) is 11.8 Å². The molecule has 1 rings (SSSR count). The Labute approximate surface area is 56.4 Å². The van der Waals surface area contributed by atoms with E-state index in [0.29, 0.717) is 0 Å². The normalized spacial score (nSPS) is 20.0. The molecule has 1 radical (unpaired) electrons. The molecule has 1 aliphatic heterocycles. The van der Waals surface area contributed by atoms with E-state index in [1.54, 1.807) is 0 Å². The van der Waals surface area contributed by atoms with Crippen LogP contribution in [-0.2, 0) is 4.79 Å². The molecule has 49 valence electrons. The van der Waals surface area contributed by atoms with Gasteiger partial charge in [0.25, 0.3) is 5.24 Å². The lowest BCUT2D eigenvalue weighted by Crippen LogP contribution is -2.31. The van der Waals surface area contributed by atoms with E-state index < -0.39 is 0 Å². The van der Waals surface area contributed by atoms with Crippen molar-refractivity contribution in [2.75, 3.05) is 6.67 Å². The molecule has 0 atom stereocenters. The fourth-order valence-electron chi connectivity index (χ4n) is 0.394. The highest BCUT2D eigenvalue weighted by molar-refractivity contribution is 8.15. The smallest absolute Gasteiger partial charge is 0.281 e. The van der Waals surface area contributed by atoms with Gasteiger partial charge in [-0.1, -0.05) is 0 Å². The summed E-state index contributed by atoms with van der Waals surface area (Å²) in [6.07, 6.45) is 0. The van der Waals surface area contributed by atoms with Gasteiger partial charge >= 0.3 is 0 Å². The van der Waals surface area contributed by atoms with E-state index in [1.165, 1.54) is 5.75 Å². The number of rotatable bonds is 0. The lowest BCUT2D eigenvalue weighted by molar-refractivity contribution is -0.117. The first-order valence-electron chi connectivity index (χ1n) is 2.34. The van der Waals surface area contributed by atoms with E-state index in [-0.39, 0.29) is 17.8 Å². The average Bonchev–Trinajstić information content (AvgIpc) is 1.97. The summed E-state index contributed by atoms with van der Waals surface area (Å²) < 4.78 is 0. The predicted molar refractivity (Wildman–Crippen MR) is 33.4 cm³/mol. The number of hydrogen-bond acceptors (Lipinski definition) is 3. The van der Waals surface area contributed by atoms with Gasteiger partial charge in [-0.2, -0.15) is 0 Å². The van der Waals surface area contributed by atoms with Gasteiger partial charge in [0.2, 0.25) is 5.91 Å². The van der Waals surface area contributed by atoms with Crippen molar-refractivity contribution >= 4 is 22.9 Å². The average molecular weight is 145 g/mol. The summed E-state index contributed by atoms with van der Waals surface area (Å²) in [5.41, 5.74) is 0. The lowest BCUT2D eigenvalue weighted by Gasteiger charge is -1.95. The Kier molecular flexibility index (Phi) is 1.94. The fraction of sp³-hybridized carbons (Fsp3) is 0.250. The van der Waals surface area contributed by atoms with E-state index in [2.05, 4.69) is 10.6 Å². The highest BCUT2D eigenvalue weighted by Crippen LogP contribution is 2.06.